The molecule has 0 saturated heterocycles. The lowest BCUT2D eigenvalue weighted by atomic mass is 9.99. The Hall–Kier alpha value is -4.66. The van der Waals surface area contributed by atoms with Gasteiger partial charge in [0, 0.05) is 54.2 Å². The van der Waals surface area contributed by atoms with Crippen LogP contribution in [0.5, 0.6) is 0 Å². The van der Waals surface area contributed by atoms with Gasteiger partial charge in [0.05, 0.1) is 38.0 Å². The van der Waals surface area contributed by atoms with E-state index >= 15 is 0 Å². The number of carbonyl (C=O) groups excluding carboxylic acids is 4. The molecule has 4 N–H and O–H groups in total. The van der Waals surface area contributed by atoms with Crippen LogP contribution in [0.25, 0.3) is 44.1 Å². The number of aromatic nitrogens is 4. The smallest absolute Gasteiger partial charge is 0.406 e. The van der Waals surface area contributed by atoms with Gasteiger partial charge in [-0.15, -0.1) is 0 Å². The Balaban J connectivity index is 1.24. The van der Waals surface area contributed by atoms with E-state index in [-0.39, 0.29) is 54.1 Å². The van der Waals surface area contributed by atoms with E-state index in [2.05, 4.69) is 76.4 Å². The number of alkyl carbamates (subject to hydrolysis) is 2. The predicted molar refractivity (Wildman–Crippen MR) is 173 cm³/mol. The molecule has 0 saturated carbocycles. The number of fused-ring (bicyclic) bond motifs is 2. The predicted octanol–water partition coefficient (Wildman–Crippen LogP) is 3.93. The first-order valence-electron chi connectivity index (χ1n) is 13.6. The van der Waals surface area contributed by atoms with Crippen LogP contribution in [0.2, 0.25) is 0 Å². The van der Waals surface area contributed by atoms with Crippen LogP contribution in [-0.2, 0) is 19.1 Å². The molecule has 0 bridgehead atoms. The molecule has 5 aromatic rings. The van der Waals surface area contributed by atoms with E-state index in [1.165, 1.54) is 14.2 Å². The van der Waals surface area contributed by atoms with Gasteiger partial charge in [-0.25, -0.2) is 19.6 Å². The minimum atomic E-state index is -0.562. The Bertz CT molecular complexity index is 1720. The molecule has 14 heteroatoms. The zero-order valence-electron chi connectivity index (χ0n) is 23.9. The van der Waals surface area contributed by atoms with Gasteiger partial charge in [0.1, 0.15) is 11.1 Å². The number of H-pyrrole nitrogens is 2. The molecule has 2 aromatic heterocycles. The number of rotatable bonds is 12. The first-order chi connectivity index (χ1) is 21.3. The molecular formula is C30H30N6O6P2. The molecule has 5 rings (SSSR count). The van der Waals surface area contributed by atoms with Gasteiger partial charge in [-0.2, -0.15) is 0 Å². The third kappa shape index (κ3) is 7.83. The quantitative estimate of drug-likeness (QED) is 0.119. The first kappa shape index (κ1) is 30.8. The van der Waals surface area contributed by atoms with Gasteiger partial charge in [-0.3, -0.25) is 9.59 Å². The lowest BCUT2D eigenvalue weighted by Crippen LogP contribution is -2.25. The SMILES string of the molecule is COC(=O)NCCC(=O)Pc1ncc(-c2ccc3cc4cc(-c5cnc(PC(=O)CCNC(=O)OC)[nH]5)ccc4cc3c2)[nH]1. The summed E-state index contributed by atoms with van der Waals surface area (Å²) in [5.74, 6) is 0. The Morgan fingerprint density at radius 3 is 1.50 bits per heavy atom. The minimum Gasteiger partial charge on any atom is -0.453 e. The van der Waals surface area contributed by atoms with Crippen molar-refractivity contribution in [1.82, 2.24) is 30.6 Å². The Labute approximate surface area is 255 Å². The fourth-order valence-corrected chi connectivity index (χ4v) is 6.17. The molecule has 2 amide bonds. The number of ether oxygens (including phenoxy) is 2. The number of imidazole rings is 2. The highest BCUT2D eigenvalue weighted by molar-refractivity contribution is 7.65. The van der Waals surface area contributed by atoms with Gasteiger partial charge in [-0.1, -0.05) is 24.3 Å². The van der Waals surface area contributed by atoms with E-state index in [4.69, 9.17) is 0 Å². The molecule has 0 spiro atoms. The van der Waals surface area contributed by atoms with Crippen LogP contribution in [0.15, 0.2) is 60.9 Å². The highest BCUT2D eigenvalue weighted by atomic mass is 31.1. The molecular weight excluding hydrogens is 602 g/mol. The summed E-state index contributed by atoms with van der Waals surface area (Å²) in [6.45, 7) is 0.435. The number of hydrogen-bond acceptors (Lipinski definition) is 8. The summed E-state index contributed by atoms with van der Waals surface area (Å²) in [6.07, 6.45) is 2.73. The lowest BCUT2D eigenvalue weighted by Gasteiger charge is -2.07. The van der Waals surface area contributed by atoms with Crippen molar-refractivity contribution in [1.29, 1.82) is 0 Å². The van der Waals surface area contributed by atoms with Crippen LogP contribution in [0.4, 0.5) is 9.59 Å². The standard InChI is InChI=1S/C30H30N6O6P2/c1-41-29(39)31-9-7-25(37)43-27-33-15-23(35-27)19-5-3-17-12-22-14-20(6-4-18(22)11-21(17)13-19)24-16-34-28(36-24)44-26(38)8-10-32-30(40)42-2/h3-6,11-16,43-44H,7-10H2,1-2H3,(H,31,39)(H,32,40)(H,33,35)(H,34,36). The number of carbonyl (C=O) groups is 4. The summed E-state index contributed by atoms with van der Waals surface area (Å²) in [7, 11) is 2.28. The molecule has 44 heavy (non-hydrogen) atoms. The topological polar surface area (TPSA) is 168 Å². The van der Waals surface area contributed by atoms with E-state index in [1.54, 1.807) is 12.4 Å². The summed E-state index contributed by atoms with van der Waals surface area (Å²) >= 11 is 0. The summed E-state index contributed by atoms with van der Waals surface area (Å²) in [5, 5.41) is 9.29. The third-order valence-electron chi connectivity index (χ3n) is 6.70. The van der Waals surface area contributed by atoms with E-state index in [0.717, 1.165) is 44.1 Å². The molecule has 3 aromatic carbocycles. The second kappa shape index (κ2) is 14.2. The molecule has 2 unspecified atom stereocenters. The number of hydrogen-bond donors (Lipinski definition) is 4. The van der Waals surface area contributed by atoms with Gasteiger partial charge in [0.25, 0.3) is 0 Å². The monoisotopic (exact) mass is 632 g/mol. The van der Waals surface area contributed by atoms with Crippen molar-refractivity contribution < 1.29 is 28.7 Å². The Kier molecular flexibility index (Phi) is 9.94. The van der Waals surface area contributed by atoms with Crippen LogP contribution in [0.3, 0.4) is 0 Å². The molecule has 2 heterocycles. The van der Waals surface area contributed by atoms with Crippen molar-refractivity contribution in [2.45, 2.75) is 12.8 Å². The molecule has 226 valence electrons. The zero-order valence-corrected chi connectivity index (χ0v) is 25.9. The third-order valence-corrected chi connectivity index (χ3v) is 8.74. The van der Waals surface area contributed by atoms with Crippen molar-refractivity contribution in [2.24, 2.45) is 0 Å². The van der Waals surface area contributed by atoms with Crippen LogP contribution in [-0.4, -0.2) is 70.5 Å². The summed E-state index contributed by atoms with van der Waals surface area (Å²) < 4.78 is 9.01. The normalized spacial score (nSPS) is 11.5. The molecule has 0 aliphatic heterocycles. The van der Waals surface area contributed by atoms with Gasteiger partial charge >= 0.3 is 12.2 Å². The number of aromatic amines is 2. The van der Waals surface area contributed by atoms with Crippen molar-refractivity contribution in [3.05, 3.63) is 60.9 Å². The summed E-state index contributed by atoms with van der Waals surface area (Å²) in [4.78, 5) is 62.1. The molecule has 0 radical (unpaired) electrons. The van der Waals surface area contributed by atoms with Crippen LogP contribution in [0, 0.1) is 0 Å². The second-order valence-electron chi connectivity index (χ2n) is 9.70. The maximum atomic E-state index is 12.3. The van der Waals surface area contributed by atoms with Crippen molar-refractivity contribution >= 4 is 73.1 Å². The average molecular weight is 633 g/mol. The van der Waals surface area contributed by atoms with E-state index in [9.17, 15) is 19.2 Å². The van der Waals surface area contributed by atoms with Crippen LogP contribution >= 0.6 is 17.2 Å². The number of benzene rings is 3. The lowest BCUT2D eigenvalue weighted by molar-refractivity contribution is -0.111. The van der Waals surface area contributed by atoms with Gasteiger partial charge in [0.2, 0.25) is 0 Å². The first-order valence-corrected chi connectivity index (χ1v) is 15.6. The molecule has 0 aliphatic carbocycles. The van der Waals surface area contributed by atoms with Gasteiger partial charge in [0.15, 0.2) is 11.0 Å². The average Bonchev–Trinajstić information content (AvgIpc) is 3.69. The maximum Gasteiger partial charge on any atom is 0.406 e. The van der Waals surface area contributed by atoms with Crippen molar-refractivity contribution in [3.8, 4) is 22.5 Å². The fraction of sp³-hybridized carbons (Fsp3) is 0.200. The number of methoxy groups -OCH3 is 2. The van der Waals surface area contributed by atoms with Crippen molar-refractivity contribution in [3.63, 3.8) is 0 Å². The fourth-order valence-electron chi connectivity index (χ4n) is 4.49. The number of nitrogens with zero attached hydrogens (tertiary/aromatic N) is 2. The highest BCUT2D eigenvalue weighted by Gasteiger charge is 2.12. The van der Waals surface area contributed by atoms with E-state index < -0.39 is 12.2 Å². The zero-order chi connectivity index (χ0) is 31.1. The Morgan fingerprint density at radius 2 is 1.09 bits per heavy atom. The molecule has 0 fully saturated rings. The number of amides is 2. The van der Waals surface area contributed by atoms with Gasteiger partial charge < -0.3 is 30.1 Å². The number of nitrogens with one attached hydrogen (secondary N) is 4. The maximum absolute atomic E-state index is 12.3. The second-order valence-corrected chi connectivity index (χ2v) is 12.3. The highest BCUT2D eigenvalue weighted by Crippen LogP contribution is 2.30. The van der Waals surface area contributed by atoms with E-state index in [0.29, 0.717) is 11.1 Å². The minimum absolute atomic E-state index is 0.0167. The van der Waals surface area contributed by atoms with Crippen LogP contribution < -0.4 is 21.8 Å². The Morgan fingerprint density at radius 1 is 0.659 bits per heavy atom. The van der Waals surface area contributed by atoms with Crippen molar-refractivity contribution in [2.75, 3.05) is 27.3 Å². The molecule has 2 atom stereocenters. The molecule has 0 aliphatic rings. The van der Waals surface area contributed by atoms with E-state index in [1.807, 2.05) is 12.1 Å². The largest absolute Gasteiger partial charge is 0.453 e. The summed E-state index contributed by atoms with van der Waals surface area (Å²) in [6, 6.07) is 16.6. The van der Waals surface area contributed by atoms with Crippen LogP contribution in [0.1, 0.15) is 12.8 Å². The molecule has 12 nitrogen and oxygen atoms in total. The van der Waals surface area contributed by atoms with Gasteiger partial charge in [-0.05, 0) is 45.8 Å². The summed E-state index contributed by atoms with van der Waals surface area (Å²) in [5.41, 5.74) is 4.71.